The standard InChI is InChI=1S/C29H35N5O5S/c1-3-8-26(35)24-17-23(18-30)28(31-25(24)19-34-14-7-11-27(34)36)33-15-12-22(13-16-33)29(37)32-40(38,39)20(2)21-9-5-4-6-10-21/h4-6,9-10,17,20,22H,3,7-8,11-16,19H2,1-2H3,(H,32,37). The lowest BCUT2D eigenvalue weighted by Gasteiger charge is -2.33. The molecule has 2 saturated heterocycles. The highest BCUT2D eigenvalue weighted by atomic mass is 32.2. The number of anilines is 1. The third-order valence-corrected chi connectivity index (χ3v) is 9.32. The molecular weight excluding hydrogens is 530 g/mol. The van der Waals surface area contributed by atoms with E-state index < -0.39 is 27.1 Å². The average Bonchev–Trinajstić information content (AvgIpc) is 3.36. The van der Waals surface area contributed by atoms with Gasteiger partial charge < -0.3 is 9.80 Å². The van der Waals surface area contributed by atoms with Crippen molar-refractivity contribution in [1.29, 1.82) is 5.26 Å². The molecule has 1 atom stereocenters. The number of aromatic nitrogens is 1. The number of nitrogens with one attached hydrogen (secondary N) is 1. The molecule has 2 aromatic rings. The van der Waals surface area contributed by atoms with E-state index in [2.05, 4.69) is 10.8 Å². The SMILES string of the molecule is CCCC(=O)c1cc(C#N)c(N2CCC(C(=O)NS(=O)(=O)C(C)c3ccccc3)CC2)nc1CN1CCCC1=O. The number of carbonyl (C=O) groups excluding carboxylic acids is 3. The number of amides is 2. The van der Waals surface area contributed by atoms with E-state index in [1.807, 2.05) is 11.8 Å². The zero-order valence-corrected chi connectivity index (χ0v) is 23.7. The zero-order valence-electron chi connectivity index (χ0n) is 22.9. The summed E-state index contributed by atoms with van der Waals surface area (Å²) >= 11 is 0. The van der Waals surface area contributed by atoms with Gasteiger partial charge in [-0.25, -0.2) is 13.4 Å². The number of sulfonamides is 1. The minimum absolute atomic E-state index is 0.0185. The zero-order chi connectivity index (χ0) is 28.9. The van der Waals surface area contributed by atoms with Crippen LogP contribution in [-0.2, 0) is 26.2 Å². The fraction of sp³-hybridized carbons (Fsp3) is 0.483. The summed E-state index contributed by atoms with van der Waals surface area (Å²) < 4.78 is 27.9. The molecule has 2 aliphatic rings. The molecule has 1 unspecified atom stereocenters. The molecule has 0 aliphatic carbocycles. The predicted octanol–water partition coefficient (Wildman–Crippen LogP) is 3.48. The first kappa shape index (κ1) is 29.2. The number of hydrogen-bond acceptors (Lipinski definition) is 8. The van der Waals surface area contributed by atoms with Crippen molar-refractivity contribution in [2.45, 2.75) is 64.2 Å². The molecule has 4 rings (SSSR count). The minimum Gasteiger partial charge on any atom is -0.355 e. The van der Waals surface area contributed by atoms with Gasteiger partial charge in [-0.2, -0.15) is 5.26 Å². The quantitative estimate of drug-likeness (QED) is 0.432. The summed E-state index contributed by atoms with van der Waals surface area (Å²) in [5.41, 5.74) is 1.70. The molecule has 40 heavy (non-hydrogen) atoms. The fourth-order valence-corrected chi connectivity index (χ4v) is 6.35. The average molecular weight is 566 g/mol. The Hall–Kier alpha value is -3.78. The molecule has 0 radical (unpaired) electrons. The van der Waals surface area contributed by atoms with E-state index >= 15 is 0 Å². The Labute approximate surface area is 235 Å². The third-order valence-electron chi connectivity index (χ3n) is 7.63. The number of Topliss-reactive ketones (excluding diaryl/α,β-unsaturated/α-hetero) is 1. The molecule has 1 N–H and O–H groups in total. The third kappa shape index (κ3) is 6.50. The van der Waals surface area contributed by atoms with Crippen molar-refractivity contribution in [2.75, 3.05) is 24.5 Å². The van der Waals surface area contributed by atoms with Crippen molar-refractivity contribution < 1.29 is 22.8 Å². The fourth-order valence-electron chi connectivity index (χ4n) is 5.21. The highest BCUT2D eigenvalue weighted by Crippen LogP contribution is 2.29. The number of rotatable bonds is 10. The van der Waals surface area contributed by atoms with Crippen LogP contribution in [0.4, 0.5) is 5.82 Å². The van der Waals surface area contributed by atoms with Crippen LogP contribution in [0, 0.1) is 17.2 Å². The number of pyridine rings is 1. The Bertz CT molecular complexity index is 1410. The van der Waals surface area contributed by atoms with Gasteiger partial charge in [0.25, 0.3) is 0 Å². The molecule has 3 heterocycles. The molecule has 1 aromatic carbocycles. The van der Waals surface area contributed by atoms with Gasteiger partial charge in [0.2, 0.25) is 21.8 Å². The molecular formula is C29H35N5O5S. The molecule has 0 saturated carbocycles. The van der Waals surface area contributed by atoms with Crippen LogP contribution in [0.5, 0.6) is 0 Å². The lowest BCUT2D eigenvalue weighted by molar-refractivity contribution is -0.128. The second-order valence-corrected chi connectivity index (χ2v) is 12.4. The minimum atomic E-state index is -3.91. The molecule has 212 valence electrons. The van der Waals surface area contributed by atoms with E-state index in [4.69, 9.17) is 4.98 Å². The molecule has 0 bridgehead atoms. The summed E-state index contributed by atoms with van der Waals surface area (Å²) in [5.74, 6) is -0.719. The van der Waals surface area contributed by atoms with Crippen LogP contribution in [0.3, 0.4) is 0 Å². The van der Waals surface area contributed by atoms with Crippen molar-refractivity contribution in [3.05, 3.63) is 58.8 Å². The van der Waals surface area contributed by atoms with E-state index in [9.17, 15) is 28.1 Å². The Morgan fingerprint density at radius 1 is 1.18 bits per heavy atom. The molecule has 2 fully saturated rings. The Balaban J connectivity index is 1.49. The van der Waals surface area contributed by atoms with Crippen LogP contribution < -0.4 is 9.62 Å². The van der Waals surface area contributed by atoms with Crippen molar-refractivity contribution in [3.63, 3.8) is 0 Å². The van der Waals surface area contributed by atoms with Crippen molar-refractivity contribution in [3.8, 4) is 6.07 Å². The molecule has 1 aromatic heterocycles. The number of benzene rings is 1. The maximum atomic E-state index is 12.9. The summed E-state index contributed by atoms with van der Waals surface area (Å²) in [6, 6.07) is 12.5. The van der Waals surface area contributed by atoms with E-state index in [-0.39, 0.29) is 23.8 Å². The second kappa shape index (κ2) is 12.6. The molecule has 0 spiro atoms. The van der Waals surface area contributed by atoms with Crippen LogP contribution in [0.2, 0.25) is 0 Å². The first-order chi connectivity index (χ1) is 19.1. The number of carbonyl (C=O) groups is 3. The summed E-state index contributed by atoms with van der Waals surface area (Å²) in [5, 5.41) is 9.01. The van der Waals surface area contributed by atoms with Crippen LogP contribution in [0.25, 0.3) is 0 Å². The predicted molar refractivity (Wildman–Crippen MR) is 150 cm³/mol. The van der Waals surface area contributed by atoms with Gasteiger partial charge in [-0.1, -0.05) is 37.3 Å². The van der Waals surface area contributed by atoms with Gasteiger partial charge in [0.15, 0.2) is 5.78 Å². The first-order valence-electron chi connectivity index (χ1n) is 13.7. The number of nitriles is 1. The lowest BCUT2D eigenvalue weighted by atomic mass is 9.95. The number of hydrogen-bond donors (Lipinski definition) is 1. The Morgan fingerprint density at radius 2 is 1.88 bits per heavy atom. The van der Waals surface area contributed by atoms with E-state index in [0.717, 1.165) is 6.42 Å². The van der Waals surface area contributed by atoms with Gasteiger partial charge in [-0.3, -0.25) is 19.1 Å². The van der Waals surface area contributed by atoms with Crippen molar-refractivity contribution >= 4 is 33.4 Å². The van der Waals surface area contributed by atoms with Crippen molar-refractivity contribution in [1.82, 2.24) is 14.6 Å². The number of ketones is 1. The smallest absolute Gasteiger partial charge is 0.241 e. The molecule has 11 heteroatoms. The largest absolute Gasteiger partial charge is 0.355 e. The number of likely N-dealkylation sites (tertiary alicyclic amines) is 1. The normalized spacial score (nSPS) is 17.0. The van der Waals surface area contributed by atoms with Crippen LogP contribution in [-0.4, -0.2) is 55.5 Å². The maximum Gasteiger partial charge on any atom is 0.241 e. The van der Waals surface area contributed by atoms with Gasteiger partial charge in [0, 0.05) is 44.0 Å². The monoisotopic (exact) mass is 565 g/mol. The topological polar surface area (TPSA) is 141 Å². The lowest BCUT2D eigenvalue weighted by Crippen LogP contribution is -2.43. The van der Waals surface area contributed by atoms with Gasteiger partial charge in [0.05, 0.1) is 17.8 Å². The van der Waals surface area contributed by atoms with Gasteiger partial charge in [-0.15, -0.1) is 0 Å². The van der Waals surface area contributed by atoms with Crippen LogP contribution in [0.15, 0.2) is 36.4 Å². The molecule has 2 amide bonds. The van der Waals surface area contributed by atoms with Crippen LogP contribution in [0.1, 0.15) is 84.8 Å². The van der Waals surface area contributed by atoms with Gasteiger partial charge in [-0.05, 0) is 44.2 Å². The van der Waals surface area contributed by atoms with Crippen molar-refractivity contribution in [2.24, 2.45) is 5.92 Å². The van der Waals surface area contributed by atoms with E-state index in [1.54, 1.807) is 48.2 Å². The summed E-state index contributed by atoms with van der Waals surface area (Å²) in [6.45, 7) is 5.03. The van der Waals surface area contributed by atoms with Gasteiger partial charge >= 0.3 is 0 Å². The maximum absolute atomic E-state index is 12.9. The highest BCUT2D eigenvalue weighted by Gasteiger charge is 2.32. The number of nitrogens with zero attached hydrogens (tertiary/aromatic N) is 4. The Morgan fingerprint density at radius 3 is 2.48 bits per heavy atom. The molecule has 10 nitrogen and oxygen atoms in total. The summed E-state index contributed by atoms with van der Waals surface area (Å²) in [6.07, 6.45) is 2.96. The van der Waals surface area contributed by atoms with E-state index in [1.165, 1.54) is 0 Å². The molecule has 2 aliphatic heterocycles. The second-order valence-electron chi connectivity index (χ2n) is 10.4. The Kier molecular flexibility index (Phi) is 9.20. The summed E-state index contributed by atoms with van der Waals surface area (Å²) in [4.78, 5) is 46.4. The van der Waals surface area contributed by atoms with Gasteiger partial charge in [0.1, 0.15) is 17.1 Å². The highest BCUT2D eigenvalue weighted by molar-refractivity contribution is 7.90. The van der Waals surface area contributed by atoms with E-state index in [0.29, 0.717) is 74.4 Å². The summed E-state index contributed by atoms with van der Waals surface area (Å²) in [7, 11) is -3.91. The first-order valence-corrected chi connectivity index (χ1v) is 15.3. The number of piperidine rings is 1. The van der Waals surface area contributed by atoms with Crippen LogP contribution >= 0.6 is 0 Å².